The van der Waals surface area contributed by atoms with E-state index >= 15 is 0 Å². The Morgan fingerprint density at radius 3 is 2.40 bits per heavy atom. The number of aliphatic imine (C=N–C) groups is 1. The lowest BCUT2D eigenvalue weighted by atomic mass is 9.98. The van der Waals surface area contributed by atoms with Crippen LogP contribution in [0.2, 0.25) is 0 Å². The molecule has 0 aliphatic carbocycles. The summed E-state index contributed by atoms with van der Waals surface area (Å²) in [5.74, 6) is 0.840. The number of hydrogen-bond acceptors (Lipinski definition) is 6. The van der Waals surface area contributed by atoms with Crippen molar-refractivity contribution in [3.8, 4) is 11.1 Å². The highest BCUT2D eigenvalue weighted by molar-refractivity contribution is 7.25. The third-order valence-electron chi connectivity index (χ3n) is 9.42. The zero-order chi connectivity index (χ0) is 31.6. The number of amidine groups is 1. The van der Waals surface area contributed by atoms with Crippen LogP contribution < -0.4 is 10.6 Å². The van der Waals surface area contributed by atoms with Crippen molar-refractivity contribution in [2.75, 3.05) is 0 Å². The van der Waals surface area contributed by atoms with Crippen LogP contribution in [0.5, 0.6) is 0 Å². The van der Waals surface area contributed by atoms with Crippen molar-refractivity contribution >= 4 is 70.2 Å². The first-order valence-electron chi connectivity index (χ1n) is 16.1. The maximum Gasteiger partial charge on any atom is 0.161 e. The molecule has 0 amide bonds. The van der Waals surface area contributed by atoms with Crippen molar-refractivity contribution < 1.29 is 4.42 Å². The lowest BCUT2D eigenvalue weighted by Crippen LogP contribution is -2.45. The van der Waals surface area contributed by atoms with E-state index in [-0.39, 0.29) is 12.3 Å². The molecule has 228 valence electrons. The number of thiophene rings is 1. The van der Waals surface area contributed by atoms with E-state index in [0.29, 0.717) is 0 Å². The molecule has 3 aromatic heterocycles. The lowest BCUT2D eigenvalue weighted by Gasteiger charge is -2.32. The van der Waals surface area contributed by atoms with Gasteiger partial charge in [-0.15, -0.1) is 11.3 Å². The average molecular weight is 637 g/mol. The van der Waals surface area contributed by atoms with Gasteiger partial charge in [0.15, 0.2) is 5.58 Å². The minimum absolute atomic E-state index is 0.256. The van der Waals surface area contributed by atoms with Gasteiger partial charge in [0.1, 0.15) is 29.3 Å². The van der Waals surface area contributed by atoms with Crippen LogP contribution >= 0.6 is 11.3 Å². The minimum atomic E-state index is -0.266. The molecule has 0 bridgehead atoms. The fraction of sp³-hybridized carbons (Fsp3) is 0.0476. The Balaban J connectivity index is 1.14. The van der Waals surface area contributed by atoms with Gasteiger partial charge in [-0.05, 0) is 52.2 Å². The second-order valence-corrected chi connectivity index (χ2v) is 13.3. The summed E-state index contributed by atoms with van der Waals surface area (Å²) >= 11 is 1.83. The Kier molecular flexibility index (Phi) is 6.19. The summed E-state index contributed by atoms with van der Waals surface area (Å²) in [6, 6.07) is 48.9. The molecule has 9 aromatic rings. The second kappa shape index (κ2) is 10.9. The van der Waals surface area contributed by atoms with Crippen LogP contribution in [0, 0.1) is 0 Å². The molecule has 4 heterocycles. The van der Waals surface area contributed by atoms with Crippen molar-refractivity contribution in [3.63, 3.8) is 0 Å². The van der Waals surface area contributed by atoms with Crippen molar-refractivity contribution in [1.82, 2.24) is 15.6 Å². The molecule has 0 radical (unpaired) electrons. The number of benzene rings is 6. The smallest absolute Gasteiger partial charge is 0.161 e. The van der Waals surface area contributed by atoms with Gasteiger partial charge >= 0.3 is 0 Å². The van der Waals surface area contributed by atoms with Crippen LogP contribution in [-0.4, -0.2) is 10.8 Å². The maximum absolute atomic E-state index is 6.73. The fourth-order valence-corrected chi connectivity index (χ4v) is 8.32. The predicted octanol–water partition coefficient (Wildman–Crippen LogP) is 10.5. The molecule has 0 fully saturated rings. The first-order chi connectivity index (χ1) is 23.8. The van der Waals surface area contributed by atoms with Crippen LogP contribution in [-0.2, 0) is 0 Å². The molecule has 10 rings (SSSR count). The Bertz CT molecular complexity index is 2710. The van der Waals surface area contributed by atoms with Crippen molar-refractivity contribution in [3.05, 3.63) is 162 Å². The molecule has 1 aliphatic rings. The third-order valence-corrected chi connectivity index (χ3v) is 10.6. The molecule has 1 aliphatic heterocycles. The summed E-state index contributed by atoms with van der Waals surface area (Å²) in [6.07, 6.45) is 1.39. The molecule has 48 heavy (non-hydrogen) atoms. The third kappa shape index (κ3) is 4.34. The normalized spacial score (nSPS) is 16.5. The average Bonchev–Trinajstić information content (AvgIpc) is 3.74. The summed E-state index contributed by atoms with van der Waals surface area (Å²) in [4.78, 5) is 10.1. The van der Waals surface area contributed by atoms with Gasteiger partial charge in [0.05, 0.1) is 5.39 Å². The van der Waals surface area contributed by atoms with E-state index in [1.54, 1.807) is 0 Å². The Labute approximate surface area is 280 Å². The zero-order valence-electron chi connectivity index (χ0n) is 25.7. The zero-order valence-corrected chi connectivity index (χ0v) is 26.5. The first-order valence-corrected chi connectivity index (χ1v) is 17.0. The number of fused-ring (bicyclic) bond motifs is 7. The fourth-order valence-electron chi connectivity index (χ4n) is 7.19. The summed E-state index contributed by atoms with van der Waals surface area (Å²) in [5.41, 5.74) is 7.85. The van der Waals surface area contributed by atoms with Gasteiger partial charge in [-0.25, -0.2) is 4.99 Å². The van der Waals surface area contributed by atoms with Gasteiger partial charge in [0, 0.05) is 43.1 Å². The number of furan rings is 1. The SMILES string of the molecule is c1ccc(C2=NC(c3ccc4ccccc4c3)NC(c3cccc4oc5c(-c6cccc7sc8ccccc8c67)ccnc5c34)N2)cc1. The molecular weight excluding hydrogens is 609 g/mol. The molecule has 2 atom stereocenters. The van der Waals surface area contributed by atoms with Gasteiger partial charge in [0.2, 0.25) is 0 Å². The molecule has 2 N–H and O–H groups in total. The summed E-state index contributed by atoms with van der Waals surface area (Å²) in [7, 11) is 0. The number of pyridine rings is 1. The summed E-state index contributed by atoms with van der Waals surface area (Å²) < 4.78 is 9.28. The standard InChI is InChI=1S/C42H28N4OS/c1-2-11-26(12-3-1)40-44-41(28-21-20-25-10-4-5-13-27(25)24-28)46-42(45-40)32-16-8-17-33-37(32)38-39(47-33)30(22-23-43-38)29-15-9-19-35-36(29)31-14-6-7-18-34(31)48-35/h1-24,41-42,46H,(H,44,45). The lowest BCUT2D eigenvalue weighted by molar-refractivity contribution is 0.411. The Morgan fingerprint density at radius 1 is 0.646 bits per heavy atom. The molecule has 2 unspecified atom stereocenters. The molecule has 6 heteroatoms. The second-order valence-electron chi connectivity index (χ2n) is 12.2. The largest absolute Gasteiger partial charge is 0.454 e. The highest BCUT2D eigenvalue weighted by Crippen LogP contribution is 2.44. The van der Waals surface area contributed by atoms with Crippen LogP contribution in [0.15, 0.2) is 155 Å². The van der Waals surface area contributed by atoms with E-state index in [0.717, 1.165) is 55.7 Å². The molecule has 0 spiro atoms. The van der Waals surface area contributed by atoms with E-state index in [2.05, 4.69) is 138 Å². The molecule has 5 nitrogen and oxygen atoms in total. The number of nitrogens with one attached hydrogen (secondary N) is 2. The van der Waals surface area contributed by atoms with E-state index in [4.69, 9.17) is 14.4 Å². The molecule has 0 saturated heterocycles. The first kappa shape index (κ1) is 27.3. The van der Waals surface area contributed by atoms with Crippen molar-refractivity contribution in [2.45, 2.75) is 12.3 Å². The molecule has 0 saturated carbocycles. The quantitative estimate of drug-likeness (QED) is 0.202. The predicted molar refractivity (Wildman–Crippen MR) is 199 cm³/mol. The minimum Gasteiger partial charge on any atom is -0.454 e. The van der Waals surface area contributed by atoms with Crippen molar-refractivity contribution in [1.29, 1.82) is 0 Å². The van der Waals surface area contributed by atoms with Crippen LogP contribution in [0.25, 0.3) is 64.1 Å². The molecule has 6 aromatic carbocycles. The van der Waals surface area contributed by atoms with Crippen LogP contribution in [0.3, 0.4) is 0 Å². The van der Waals surface area contributed by atoms with Gasteiger partial charge in [-0.3, -0.25) is 10.3 Å². The van der Waals surface area contributed by atoms with E-state index in [1.807, 2.05) is 29.7 Å². The highest BCUT2D eigenvalue weighted by atomic mass is 32.1. The monoisotopic (exact) mass is 636 g/mol. The van der Waals surface area contributed by atoms with Gasteiger partial charge < -0.3 is 9.73 Å². The van der Waals surface area contributed by atoms with E-state index in [1.165, 1.54) is 30.9 Å². The summed E-state index contributed by atoms with van der Waals surface area (Å²) in [5, 5.41) is 13.5. The highest BCUT2D eigenvalue weighted by Gasteiger charge is 2.29. The number of hydrogen-bond donors (Lipinski definition) is 2. The topological polar surface area (TPSA) is 62.5 Å². The van der Waals surface area contributed by atoms with Gasteiger partial charge in [-0.2, -0.15) is 0 Å². The number of rotatable bonds is 4. The Hall–Kier alpha value is -5.82. The number of nitrogens with zero attached hydrogens (tertiary/aromatic N) is 2. The van der Waals surface area contributed by atoms with Crippen LogP contribution in [0.4, 0.5) is 0 Å². The number of aromatic nitrogens is 1. The Morgan fingerprint density at radius 2 is 1.46 bits per heavy atom. The van der Waals surface area contributed by atoms with Gasteiger partial charge in [-0.1, -0.05) is 109 Å². The van der Waals surface area contributed by atoms with E-state index in [9.17, 15) is 0 Å². The van der Waals surface area contributed by atoms with E-state index < -0.39 is 0 Å². The maximum atomic E-state index is 6.73. The summed E-state index contributed by atoms with van der Waals surface area (Å²) in [6.45, 7) is 0. The van der Waals surface area contributed by atoms with Crippen molar-refractivity contribution in [2.24, 2.45) is 4.99 Å². The van der Waals surface area contributed by atoms with Gasteiger partial charge in [0.25, 0.3) is 0 Å². The molecular formula is C42H28N4OS. The van der Waals surface area contributed by atoms with Crippen LogP contribution in [0.1, 0.15) is 29.0 Å².